The van der Waals surface area contributed by atoms with Crippen LogP contribution in [0.15, 0.2) is 70.4 Å². The van der Waals surface area contributed by atoms with Gasteiger partial charge in [0, 0.05) is 11.8 Å². The van der Waals surface area contributed by atoms with Crippen LogP contribution in [0.3, 0.4) is 0 Å². The monoisotopic (exact) mass is 565 g/mol. The Hall–Kier alpha value is -3.25. The van der Waals surface area contributed by atoms with Crippen molar-refractivity contribution in [3.8, 4) is 11.5 Å². The number of esters is 1. The summed E-state index contributed by atoms with van der Waals surface area (Å²) in [6.45, 7) is 2.54. The van der Waals surface area contributed by atoms with Crippen LogP contribution < -0.4 is 25.6 Å². The van der Waals surface area contributed by atoms with Crippen molar-refractivity contribution in [1.29, 1.82) is 0 Å². The van der Waals surface area contributed by atoms with E-state index in [9.17, 15) is 18.9 Å². The van der Waals surface area contributed by atoms with Gasteiger partial charge in [0.2, 0.25) is 0 Å². The molecule has 2 aromatic carbocycles. The molecule has 1 aromatic heterocycles. The van der Waals surface area contributed by atoms with Crippen molar-refractivity contribution in [3.05, 3.63) is 92.2 Å². The number of ether oxygens (including phenoxy) is 3. The highest BCUT2D eigenvalue weighted by Crippen LogP contribution is 2.47. The summed E-state index contributed by atoms with van der Waals surface area (Å²) in [5.41, 5.74) is -0.865. The topological polar surface area (TPSA) is 147 Å². The van der Waals surface area contributed by atoms with Crippen LogP contribution in [-0.4, -0.2) is 41.1 Å². The second-order valence-electron chi connectivity index (χ2n) is 8.23. The van der Waals surface area contributed by atoms with Crippen molar-refractivity contribution in [2.24, 2.45) is 0 Å². The molecule has 0 bridgehead atoms. The molecule has 0 aliphatic carbocycles. The van der Waals surface area contributed by atoms with Crippen molar-refractivity contribution in [1.82, 2.24) is 14.6 Å². The molecule has 12 nitrogen and oxygen atoms in total. The second kappa shape index (κ2) is 12.1. The van der Waals surface area contributed by atoms with Gasteiger partial charge in [-0.15, -0.1) is 0 Å². The normalized spacial score (nSPS) is 19.4. The van der Waals surface area contributed by atoms with Crippen molar-refractivity contribution in [2.45, 2.75) is 32.4 Å². The Morgan fingerprint density at radius 1 is 1.21 bits per heavy atom. The number of hydrogen-bond acceptors (Lipinski definition) is 9. The first kappa shape index (κ1) is 27.8. The molecule has 38 heavy (non-hydrogen) atoms. The predicted octanol–water partition coefficient (Wildman–Crippen LogP) is 3.16. The minimum atomic E-state index is -4.26. The zero-order valence-electron chi connectivity index (χ0n) is 20.4. The first-order valence-electron chi connectivity index (χ1n) is 11.5. The standard InChI is InChI=1S/C24H25ClN3O9P/c1-15-12-28(24(31)26-22(15)29)20-13-33-21(36-20)14-34-38(32,37-19-11-7-6-10-18(19)25)27-16(2)23(30)35-17-8-4-3-5-9-17/h3-12,16,20-21H,13-14H2,1-2H3,(H,27,32)(H,26,29,31)/t16-,20+,21+,38?/m0/s1. The van der Waals surface area contributed by atoms with Gasteiger partial charge < -0.3 is 18.7 Å². The summed E-state index contributed by atoms with van der Waals surface area (Å²) in [5, 5.41) is 2.72. The number of aryl methyl sites for hydroxylation is 1. The fourth-order valence-electron chi connectivity index (χ4n) is 3.36. The van der Waals surface area contributed by atoms with Gasteiger partial charge in [-0.3, -0.25) is 18.9 Å². The van der Waals surface area contributed by atoms with Crippen LogP contribution in [-0.2, 0) is 23.4 Å². The van der Waals surface area contributed by atoms with Crippen LogP contribution in [0.2, 0.25) is 5.02 Å². The van der Waals surface area contributed by atoms with Crippen LogP contribution in [0.1, 0.15) is 18.7 Å². The number of nitrogens with one attached hydrogen (secondary N) is 2. The quantitative estimate of drug-likeness (QED) is 0.213. The molecule has 1 saturated heterocycles. The summed E-state index contributed by atoms with van der Waals surface area (Å²) in [4.78, 5) is 38.6. The van der Waals surface area contributed by atoms with Crippen LogP contribution in [0.5, 0.6) is 11.5 Å². The lowest BCUT2D eigenvalue weighted by Crippen LogP contribution is -2.37. The maximum absolute atomic E-state index is 13.7. The van der Waals surface area contributed by atoms with Crippen molar-refractivity contribution >= 4 is 25.3 Å². The Labute approximate surface area is 222 Å². The number of halogens is 1. The third-order valence-corrected chi connectivity index (χ3v) is 7.23. The average Bonchev–Trinajstić information content (AvgIpc) is 3.36. The van der Waals surface area contributed by atoms with E-state index in [1.165, 1.54) is 29.8 Å². The summed E-state index contributed by atoms with van der Waals surface area (Å²) in [7, 11) is -4.26. The lowest BCUT2D eigenvalue weighted by atomic mass is 10.3. The van der Waals surface area contributed by atoms with Crippen LogP contribution in [0.4, 0.5) is 0 Å². The molecule has 0 radical (unpaired) electrons. The number of rotatable bonds is 10. The van der Waals surface area contributed by atoms with Gasteiger partial charge in [-0.2, -0.15) is 5.09 Å². The van der Waals surface area contributed by atoms with E-state index in [1.807, 2.05) is 0 Å². The molecule has 4 rings (SSSR count). The van der Waals surface area contributed by atoms with Gasteiger partial charge in [0.15, 0.2) is 12.5 Å². The van der Waals surface area contributed by atoms with E-state index in [4.69, 9.17) is 34.9 Å². The Morgan fingerprint density at radius 2 is 1.92 bits per heavy atom. The highest BCUT2D eigenvalue weighted by molar-refractivity contribution is 7.52. The smallest absolute Gasteiger partial charge is 0.425 e. The van der Waals surface area contributed by atoms with Gasteiger partial charge in [-0.1, -0.05) is 41.9 Å². The van der Waals surface area contributed by atoms with E-state index in [0.717, 1.165) is 0 Å². The highest BCUT2D eigenvalue weighted by atomic mass is 35.5. The van der Waals surface area contributed by atoms with E-state index in [2.05, 4.69) is 10.1 Å². The van der Waals surface area contributed by atoms with Crippen LogP contribution >= 0.6 is 19.3 Å². The van der Waals surface area contributed by atoms with Gasteiger partial charge >= 0.3 is 19.4 Å². The molecule has 14 heteroatoms. The van der Waals surface area contributed by atoms with Crippen molar-refractivity contribution in [3.63, 3.8) is 0 Å². The Kier molecular flexibility index (Phi) is 8.83. The molecule has 1 unspecified atom stereocenters. The van der Waals surface area contributed by atoms with E-state index in [1.54, 1.807) is 49.4 Å². The van der Waals surface area contributed by atoms with E-state index < -0.39 is 50.1 Å². The molecule has 3 aromatic rings. The Bertz CT molecular complexity index is 1450. The average molecular weight is 566 g/mol. The minimum absolute atomic E-state index is 0.0394. The summed E-state index contributed by atoms with van der Waals surface area (Å²) >= 11 is 6.16. The first-order chi connectivity index (χ1) is 18.1. The fourth-order valence-corrected chi connectivity index (χ4v) is 5.08. The number of aromatic amines is 1. The molecule has 0 amide bonds. The molecule has 2 heterocycles. The molecular formula is C24H25ClN3O9P. The van der Waals surface area contributed by atoms with Gasteiger partial charge in [-0.25, -0.2) is 14.2 Å². The third-order valence-electron chi connectivity index (χ3n) is 5.29. The summed E-state index contributed by atoms with van der Waals surface area (Å²) in [6, 6.07) is 13.5. The number of nitrogens with zero attached hydrogens (tertiary/aromatic N) is 1. The summed E-state index contributed by atoms with van der Waals surface area (Å²) in [5.74, 6) is -0.375. The number of benzene rings is 2. The number of carbonyl (C=O) groups is 1. The maximum Gasteiger partial charge on any atom is 0.459 e. The number of H-pyrrole nitrogens is 1. The molecule has 202 valence electrons. The molecule has 2 N–H and O–H groups in total. The van der Waals surface area contributed by atoms with E-state index >= 15 is 0 Å². The molecule has 4 atom stereocenters. The zero-order valence-corrected chi connectivity index (χ0v) is 22.0. The minimum Gasteiger partial charge on any atom is -0.425 e. The largest absolute Gasteiger partial charge is 0.459 e. The predicted molar refractivity (Wildman–Crippen MR) is 136 cm³/mol. The Balaban J connectivity index is 1.45. The zero-order chi connectivity index (χ0) is 27.3. The van der Waals surface area contributed by atoms with Crippen molar-refractivity contribution in [2.75, 3.05) is 13.2 Å². The summed E-state index contributed by atoms with van der Waals surface area (Å²) in [6.07, 6.45) is -0.551. The van der Waals surface area contributed by atoms with Crippen LogP contribution in [0.25, 0.3) is 0 Å². The SMILES string of the molecule is Cc1cn([C@H]2CO[C@@H](COP(=O)(N[C@@H](C)C(=O)Oc3ccccc3)Oc3ccccc3Cl)O2)c(=O)[nH]c1=O. The molecule has 0 saturated carbocycles. The number of para-hydroxylation sites is 2. The molecule has 1 aliphatic rings. The van der Waals surface area contributed by atoms with Gasteiger partial charge in [0.25, 0.3) is 5.56 Å². The van der Waals surface area contributed by atoms with Gasteiger partial charge in [0.1, 0.15) is 24.1 Å². The lowest BCUT2D eigenvalue weighted by Gasteiger charge is -2.24. The van der Waals surface area contributed by atoms with Crippen molar-refractivity contribution < 1.29 is 32.6 Å². The maximum atomic E-state index is 13.7. The number of carbonyl (C=O) groups excluding carboxylic acids is 1. The van der Waals surface area contributed by atoms with Gasteiger partial charge in [0.05, 0.1) is 11.6 Å². The second-order valence-corrected chi connectivity index (χ2v) is 10.3. The fraction of sp³-hybridized carbons (Fsp3) is 0.292. The van der Waals surface area contributed by atoms with E-state index in [-0.39, 0.29) is 17.4 Å². The number of hydrogen-bond donors (Lipinski definition) is 2. The Morgan fingerprint density at radius 3 is 2.66 bits per heavy atom. The molecular weight excluding hydrogens is 541 g/mol. The highest BCUT2D eigenvalue weighted by Gasteiger charge is 2.36. The lowest BCUT2D eigenvalue weighted by molar-refractivity contribution is -0.136. The third kappa shape index (κ3) is 6.98. The first-order valence-corrected chi connectivity index (χ1v) is 13.4. The van der Waals surface area contributed by atoms with Gasteiger partial charge in [-0.05, 0) is 38.1 Å². The number of aromatic nitrogens is 2. The molecule has 1 aliphatic heterocycles. The molecule has 1 fully saturated rings. The summed E-state index contributed by atoms with van der Waals surface area (Å²) < 4.78 is 42.6. The molecule has 0 spiro atoms. The van der Waals surface area contributed by atoms with E-state index in [0.29, 0.717) is 11.3 Å². The van der Waals surface area contributed by atoms with Crippen LogP contribution in [0, 0.1) is 6.92 Å².